The van der Waals surface area contributed by atoms with Gasteiger partial charge in [-0.05, 0) is 35.4 Å². The second-order valence-electron chi connectivity index (χ2n) is 6.95. The van der Waals surface area contributed by atoms with E-state index in [2.05, 4.69) is 15.3 Å². The first kappa shape index (κ1) is 20.6. The second-order valence-corrected chi connectivity index (χ2v) is 7.98. The smallest absolute Gasteiger partial charge is 0.283 e. The molecule has 2 aromatic carbocycles. The number of carbonyl (C=O) groups is 1. The van der Waals surface area contributed by atoms with Crippen LogP contribution in [-0.4, -0.2) is 20.8 Å². The molecule has 2 heterocycles. The summed E-state index contributed by atoms with van der Waals surface area (Å²) in [5.74, 6) is -0.0295. The molecule has 0 aliphatic rings. The molecule has 1 amide bonds. The maximum Gasteiger partial charge on any atom is 0.283 e. The van der Waals surface area contributed by atoms with Crippen LogP contribution in [0.25, 0.3) is 10.9 Å². The zero-order valence-electron chi connectivity index (χ0n) is 16.8. The van der Waals surface area contributed by atoms with Crippen LogP contribution in [0.3, 0.4) is 0 Å². The van der Waals surface area contributed by atoms with E-state index < -0.39 is 0 Å². The molecule has 0 aliphatic carbocycles. The van der Waals surface area contributed by atoms with Gasteiger partial charge in [-0.25, -0.2) is 4.98 Å². The number of aromatic nitrogens is 2. The van der Waals surface area contributed by atoms with Crippen molar-refractivity contribution in [2.45, 2.75) is 29.7 Å². The summed E-state index contributed by atoms with van der Waals surface area (Å²) in [5.41, 5.74) is 3.82. The van der Waals surface area contributed by atoms with Crippen LogP contribution in [0.15, 0.2) is 76.9 Å². The van der Waals surface area contributed by atoms with Gasteiger partial charge in [0.1, 0.15) is 5.03 Å². The molecule has 0 fully saturated rings. The Morgan fingerprint density at radius 2 is 2.00 bits per heavy atom. The van der Waals surface area contributed by atoms with Gasteiger partial charge in [-0.2, -0.15) is 0 Å². The van der Waals surface area contributed by atoms with Crippen molar-refractivity contribution in [3.8, 4) is 0 Å². The molecular formula is C23H20N4O3S. The second kappa shape index (κ2) is 9.01. The van der Waals surface area contributed by atoms with E-state index >= 15 is 0 Å². The molecule has 8 heteroatoms. The number of hydrogen-bond acceptors (Lipinski definition) is 5. The van der Waals surface area contributed by atoms with E-state index in [1.54, 1.807) is 24.4 Å². The molecule has 156 valence electrons. The SMILES string of the molecule is CCC(=O)Nc1ccc2c(Cc3cccnc3Sc3ccccc3[N+](=O)[O-])c[nH]c2c1. The number of H-pyrrole nitrogens is 1. The first-order valence-corrected chi connectivity index (χ1v) is 10.6. The molecule has 0 bridgehead atoms. The van der Waals surface area contributed by atoms with Crippen molar-refractivity contribution in [2.75, 3.05) is 5.32 Å². The summed E-state index contributed by atoms with van der Waals surface area (Å²) >= 11 is 1.30. The van der Waals surface area contributed by atoms with Gasteiger partial charge in [0, 0.05) is 47.9 Å². The molecule has 2 aromatic heterocycles. The van der Waals surface area contributed by atoms with Crippen molar-refractivity contribution in [1.82, 2.24) is 9.97 Å². The maximum absolute atomic E-state index is 11.6. The van der Waals surface area contributed by atoms with Crippen LogP contribution in [0.2, 0.25) is 0 Å². The lowest BCUT2D eigenvalue weighted by atomic mass is 10.1. The van der Waals surface area contributed by atoms with Gasteiger partial charge in [0.2, 0.25) is 5.91 Å². The van der Waals surface area contributed by atoms with E-state index in [0.717, 1.165) is 32.7 Å². The summed E-state index contributed by atoms with van der Waals surface area (Å²) in [5, 5.41) is 16.0. The molecule has 0 aliphatic heterocycles. The van der Waals surface area contributed by atoms with Crippen molar-refractivity contribution < 1.29 is 9.72 Å². The lowest BCUT2D eigenvalue weighted by Gasteiger charge is -2.08. The Bertz CT molecular complexity index is 1270. The van der Waals surface area contributed by atoms with Gasteiger partial charge in [-0.1, -0.05) is 43.0 Å². The first-order chi connectivity index (χ1) is 15.0. The number of nitrogens with zero attached hydrogens (tertiary/aromatic N) is 2. The number of nitro groups is 1. The van der Waals surface area contributed by atoms with Crippen LogP contribution in [0.4, 0.5) is 11.4 Å². The number of amides is 1. The summed E-state index contributed by atoms with van der Waals surface area (Å²) < 4.78 is 0. The fraction of sp³-hybridized carbons (Fsp3) is 0.130. The molecule has 0 spiro atoms. The third-order valence-electron chi connectivity index (χ3n) is 4.87. The molecule has 0 saturated heterocycles. The highest BCUT2D eigenvalue weighted by Crippen LogP contribution is 2.36. The van der Waals surface area contributed by atoms with E-state index in [1.165, 1.54) is 17.8 Å². The van der Waals surface area contributed by atoms with Crippen LogP contribution in [0.1, 0.15) is 24.5 Å². The van der Waals surface area contributed by atoms with Crippen molar-refractivity contribution >= 4 is 39.9 Å². The fourth-order valence-corrected chi connectivity index (χ4v) is 4.30. The maximum atomic E-state index is 11.6. The van der Waals surface area contributed by atoms with Gasteiger partial charge in [0.15, 0.2) is 0 Å². The number of rotatable bonds is 7. The van der Waals surface area contributed by atoms with Gasteiger partial charge in [-0.15, -0.1) is 0 Å². The molecule has 4 aromatic rings. The number of carbonyl (C=O) groups excluding carboxylic acids is 1. The molecule has 0 atom stereocenters. The van der Waals surface area contributed by atoms with Gasteiger partial charge < -0.3 is 10.3 Å². The Labute approximate surface area is 183 Å². The Morgan fingerprint density at radius 1 is 1.16 bits per heavy atom. The van der Waals surface area contributed by atoms with Gasteiger partial charge in [0.05, 0.1) is 9.82 Å². The summed E-state index contributed by atoms with van der Waals surface area (Å²) in [4.78, 5) is 30.9. The zero-order chi connectivity index (χ0) is 21.8. The molecular weight excluding hydrogens is 412 g/mol. The highest BCUT2D eigenvalue weighted by molar-refractivity contribution is 7.99. The molecule has 0 radical (unpaired) electrons. The van der Waals surface area contributed by atoms with Crippen LogP contribution in [-0.2, 0) is 11.2 Å². The Morgan fingerprint density at radius 3 is 2.81 bits per heavy atom. The number of nitrogens with one attached hydrogen (secondary N) is 2. The summed E-state index contributed by atoms with van der Waals surface area (Å²) in [7, 11) is 0. The van der Waals surface area contributed by atoms with Gasteiger partial charge >= 0.3 is 0 Å². The predicted octanol–water partition coefficient (Wildman–Crippen LogP) is 5.56. The van der Waals surface area contributed by atoms with E-state index in [-0.39, 0.29) is 16.5 Å². The average molecular weight is 433 g/mol. The average Bonchev–Trinajstić information content (AvgIpc) is 3.17. The molecule has 31 heavy (non-hydrogen) atoms. The third kappa shape index (κ3) is 4.59. The Kier molecular flexibility index (Phi) is 5.99. The lowest BCUT2D eigenvalue weighted by Crippen LogP contribution is -2.09. The van der Waals surface area contributed by atoms with Crippen molar-refractivity contribution in [3.63, 3.8) is 0 Å². The summed E-state index contributed by atoms with van der Waals surface area (Å²) in [6.07, 6.45) is 4.69. The van der Waals surface area contributed by atoms with Crippen molar-refractivity contribution in [1.29, 1.82) is 0 Å². The molecule has 0 saturated carbocycles. The number of benzene rings is 2. The Balaban J connectivity index is 1.62. The highest BCUT2D eigenvalue weighted by atomic mass is 32.2. The number of para-hydroxylation sites is 1. The Hall–Kier alpha value is -3.65. The molecule has 4 rings (SSSR count). The molecule has 7 nitrogen and oxygen atoms in total. The highest BCUT2D eigenvalue weighted by Gasteiger charge is 2.17. The van der Waals surface area contributed by atoms with Crippen LogP contribution >= 0.6 is 11.8 Å². The fourth-order valence-electron chi connectivity index (χ4n) is 3.31. The van der Waals surface area contributed by atoms with E-state index in [1.807, 2.05) is 43.5 Å². The monoisotopic (exact) mass is 432 g/mol. The lowest BCUT2D eigenvalue weighted by molar-refractivity contribution is -0.387. The minimum Gasteiger partial charge on any atom is -0.361 e. The van der Waals surface area contributed by atoms with Crippen LogP contribution < -0.4 is 5.32 Å². The van der Waals surface area contributed by atoms with E-state index in [4.69, 9.17) is 0 Å². The van der Waals surface area contributed by atoms with E-state index in [0.29, 0.717) is 17.7 Å². The van der Waals surface area contributed by atoms with Crippen LogP contribution in [0, 0.1) is 10.1 Å². The normalized spacial score (nSPS) is 10.9. The number of aromatic amines is 1. The van der Waals surface area contributed by atoms with Gasteiger partial charge in [-0.3, -0.25) is 14.9 Å². The standard InChI is InChI=1S/C23H20N4O3S/c1-2-22(28)26-17-9-10-18-16(14-25-19(18)13-17)12-15-6-5-11-24-23(15)31-21-8-4-3-7-20(21)27(29)30/h3-11,13-14,25H,2,12H2,1H3,(H,26,28). The van der Waals surface area contributed by atoms with Crippen LogP contribution in [0.5, 0.6) is 0 Å². The molecule has 0 unspecified atom stereocenters. The van der Waals surface area contributed by atoms with Gasteiger partial charge in [0.25, 0.3) is 5.69 Å². The van der Waals surface area contributed by atoms with Crippen molar-refractivity contribution in [3.05, 3.63) is 88.2 Å². The zero-order valence-corrected chi connectivity index (χ0v) is 17.6. The number of nitro benzene ring substituents is 1. The number of pyridine rings is 1. The minimum atomic E-state index is -0.375. The summed E-state index contributed by atoms with van der Waals surface area (Å²) in [6.45, 7) is 1.81. The number of anilines is 1. The minimum absolute atomic E-state index is 0.0295. The molecule has 2 N–H and O–H groups in total. The number of fused-ring (bicyclic) bond motifs is 1. The number of hydrogen-bond donors (Lipinski definition) is 2. The topological polar surface area (TPSA) is 101 Å². The predicted molar refractivity (Wildman–Crippen MR) is 121 cm³/mol. The van der Waals surface area contributed by atoms with Crippen molar-refractivity contribution in [2.24, 2.45) is 0 Å². The first-order valence-electron chi connectivity index (χ1n) is 9.80. The van der Waals surface area contributed by atoms with E-state index in [9.17, 15) is 14.9 Å². The summed E-state index contributed by atoms with van der Waals surface area (Å²) in [6, 6.07) is 16.3. The quantitative estimate of drug-likeness (QED) is 0.294. The largest absolute Gasteiger partial charge is 0.361 e. The third-order valence-corrected chi connectivity index (χ3v) is 6.00.